The van der Waals surface area contributed by atoms with Gasteiger partial charge in [-0.15, -0.1) is 0 Å². The Bertz CT molecular complexity index is 1140. The summed E-state index contributed by atoms with van der Waals surface area (Å²) in [5.74, 6) is 0.391. The Kier molecular flexibility index (Phi) is 5.95. The van der Waals surface area contributed by atoms with Crippen LogP contribution >= 0.6 is 11.8 Å². The molecule has 1 aromatic heterocycles. The number of hydrogen-bond acceptors (Lipinski definition) is 4. The van der Waals surface area contributed by atoms with Gasteiger partial charge in [-0.25, -0.2) is 4.98 Å². The van der Waals surface area contributed by atoms with E-state index in [1.165, 1.54) is 22.9 Å². The summed E-state index contributed by atoms with van der Waals surface area (Å²) < 4.78 is 1.73. The fourth-order valence-corrected chi connectivity index (χ4v) is 4.92. The second-order valence-corrected chi connectivity index (χ2v) is 9.57. The van der Waals surface area contributed by atoms with E-state index in [-0.39, 0.29) is 16.7 Å². The molecular formula is C24H27N3O2S. The average Bonchev–Trinajstić information content (AvgIpc) is 2.75. The highest BCUT2D eigenvalue weighted by Crippen LogP contribution is 2.27. The second-order valence-electron chi connectivity index (χ2n) is 8.26. The summed E-state index contributed by atoms with van der Waals surface area (Å²) in [6.45, 7) is 8.02. The van der Waals surface area contributed by atoms with E-state index in [9.17, 15) is 9.59 Å². The molecule has 0 saturated carbocycles. The second kappa shape index (κ2) is 8.64. The van der Waals surface area contributed by atoms with Crippen molar-refractivity contribution in [1.29, 1.82) is 0 Å². The van der Waals surface area contributed by atoms with Crippen molar-refractivity contribution in [2.45, 2.75) is 50.7 Å². The summed E-state index contributed by atoms with van der Waals surface area (Å²) in [5, 5.41) is 0.918. The van der Waals surface area contributed by atoms with Gasteiger partial charge in [0.1, 0.15) is 0 Å². The van der Waals surface area contributed by atoms with Gasteiger partial charge in [-0.3, -0.25) is 14.2 Å². The van der Waals surface area contributed by atoms with Crippen LogP contribution in [-0.2, 0) is 24.3 Å². The van der Waals surface area contributed by atoms with Crippen LogP contribution in [0.3, 0.4) is 0 Å². The highest BCUT2D eigenvalue weighted by atomic mass is 32.2. The zero-order valence-corrected chi connectivity index (χ0v) is 18.5. The smallest absolute Gasteiger partial charge is 0.262 e. The zero-order chi connectivity index (χ0) is 21.3. The summed E-state index contributed by atoms with van der Waals surface area (Å²) in [5.41, 5.74) is 3.18. The molecule has 0 fully saturated rings. The number of thioether (sulfide) groups is 1. The lowest BCUT2D eigenvalue weighted by Gasteiger charge is -2.30. The van der Waals surface area contributed by atoms with Gasteiger partial charge in [0.2, 0.25) is 5.91 Å². The molecule has 3 aromatic rings. The van der Waals surface area contributed by atoms with E-state index in [2.05, 4.69) is 26.0 Å². The number of carbonyl (C=O) groups excluding carboxylic acids is 1. The van der Waals surface area contributed by atoms with Crippen molar-refractivity contribution >= 4 is 28.6 Å². The number of nitrogens with zero attached hydrogens (tertiary/aromatic N) is 3. The normalized spacial score (nSPS) is 14.7. The van der Waals surface area contributed by atoms with E-state index < -0.39 is 0 Å². The van der Waals surface area contributed by atoms with E-state index in [4.69, 9.17) is 4.98 Å². The molecule has 1 amide bonds. The number of rotatable bonds is 5. The Morgan fingerprint density at radius 2 is 1.77 bits per heavy atom. The third-order valence-corrected chi connectivity index (χ3v) is 6.52. The first-order valence-corrected chi connectivity index (χ1v) is 11.3. The van der Waals surface area contributed by atoms with Crippen LogP contribution in [0.25, 0.3) is 10.9 Å². The van der Waals surface area contributed by atoms with Crippen molar-refractivity contribution in [2.75, 3.05) is 6.54 Å². The Morgan fingerprint density at radius 1 is 1.07 bits per heavy atom. The summed E-state index contributed by atoms with van der Waals surface area (Å²) in [6, 6.07) is 15.7. The molecule has 1 aliphatic heterocycles. The Hall–Kier alpha value is -2.60. The maximum atomic E-state index is 13.2. The first-order valence-electron chi connectivity index (χ1n) is 10.5. The topological polar surface area (TPSA) is 55.2 Å². The zero-order valence-electron chi connectivity index (χ0n) is 17.7. The van der Waals surface area contributed by atoms with Gasteiger partial charge in [0.25, 0.3) is 5.56 Å². The van der Waals surface area contributed by atoms with Crippen molar-refractivity contribution < 1.29 is 4.79 Å². The summed E-state index contributed by atoms with van der Waals surface area (Å²) in [7, 11) is 0. The molecule has 156 valence electrons. The largest absolute Gasteiger partial charge is 0.337 e. The van der Waals surface area contributed by atoms with E-state index in [0.29, 0.717) is 35.1 Å². The standard InChI is InChI=1S/C24H27N3O2S/c1-16(2)14-27-23(29)20-10-6-7-11-21(20)25-24(27)30-17(3)22(28)26-13-12-18-8-4-5-9-19(18)15-26/h4-11,16-17H,12-15H2,1-3H3/t17-/m1/s1. The monoisotopic (exact) mass is 421 g/mol. The molecule has 0 N–H and O–H groups in total. The number of amides is 1. The molecule has 2 aromatic carbocycles. The average molecular weight is 422 g/mol. The molecule has 0 aliphatic carbocycles. The highest BCUT2D eigenvalue weighted by molar-refractivity contribution is 8.00. The van der Waals surface area contributed by atoms with Gasteiger partial charge in [0.15, 0.2) is 5.16 Å². The molecule has 0 unspecified atom stereocenters. The van der Waals surface area contributed by atoms with Crippen LogP contribution in [-0.4, -0.2) is 32.2 Å². The predicted molar refractivity (Wildman–Crippen MR) is 122 cm³/mol. The van der Waals surface area contributed by atoms with Crippen LogP contribution in [0.5, 0.6) is 0 Å². The van der Waals surface area contributed by atoms with E-state index in [0.717, 1.165) is 13.0 Å². The molecule has 4 rings (SSSR count). The van der Waals surface area contributed by atoms with E-state index in [1.54, 1.807) is 4.57 Å². The lowest BCUT2D eigenvalue weighted by atomic mass is 10.00. The summed E-state index contributed by atoms with van der Waals surface area (Å²) in [6.07, 6.45) is 0.881. The number of benzene rings is 2. The maximum Gasteiger partial charge on any atom is 0.262 e. The molecule has 0 bridgehead atoms. The van der Waals surface area contributed by atoms with Crippen molar-refractivity contribution in [3.8, 4) is 0 Å². The van der Waals surface area contributed by atoms with Crippen molar-refractivity contribution in [2.24, 2.45) is 5.92 Å². The number of fused-ring (bicyclic) bond motifs is 2. The molecule has 0 spiro atoms. The molecule has 5 nitrogen and oxygen atoms in total. The van der Waals surface area contributed by atoms with Crippen molar-refractivity contribution in [3.63, 3.8) is 0 Å². The lowest BCUT2D eigenvalue weighted by Crippen LogP contribution is -2.40. The van der Waals surface area contributed by atoms with Crippen LogP contribution in [0.1, 0.15) is 31.9 Å². The van der Waals surface area contributed by atoms with Crippen LogP contribution in [0.2, 0.25) is 0 Å². The highest BCUT2D eigenvalue weighted by Gasteiger charge is 2.26. The number of hydrogen-bond donors (Lipinski definition) is 0. The SMILES string of the molecule is CC(C)Cn1c(S[C@H](C)C(=O)N2CCc3ccccc3C2)nc2ccccc2c1=O. The van der Waals surface area contributed by atoms with Gasteiger partial charge in [0, 0.05) is 19.6 Å². The van der Waals surface area contributed by atoms with Gasteiger partial charge in [-0.2, -0.15) is 0 Å². The maximum absolute atomic E-state index is 13.2. The molecule has 30 heavy (non-hydrogen) atoms. The first kappa shape index (κ1) is 20.7. The predicted octanol–water partition coefficient (Wildman–Crippen LogP) is 4.12. The minimum absolute atomic E-state index is 0.0386. The number of para-hydroxylation sites is 1. The van der Waals surface area contributed by atoms with Crippen molar-refractivity contribution in [1.82, 2.24) is 14.5 Å². The van der Waals surface area contributed by atoms with Gasteiger partial charge in [-0.1, -0.05) is 62.0 Å². The molecule has 6 heteroatoms. The lowest BCUT2D eigenvalue weighted by molar-refractivity contribution is -0.131. The molecule has 0 saturated heterocycles. The minimum Gasteiger partial charge on any atom is -0.337 e. The third-order valence-electron chi connectivity index (χ3n) is 5.45. The van der Waals surface area contributed by atoms with Crippen LogP contribution in [0, 0.1) is 5.92 Å². The fourth-order valence-electron chi connectivity index (χ4n) is 3.91. The van der Waals surface area contributed by atoms with Gasteiger partial charge in [0.05, 0.1) is 16.2 Å². The molecular weight excluding hydrogens is 394 g/mol. The van der Waals surface area contributed by atoms with Crippen LogP contribution < -0.4 is 5.56 Å². The third kappa shape index (κ3) is 4.15. The Morgan fingerprint density at radius 3 is 2.53 bits per heavy atom. The van der Waals surface area contributed by atoms with Gasteiger partial charge >= 0.3 is 0 Å². The number of carbonyl (C=O) groups is 1. The van der Waals surface area contributed by atoms with E-state index >= 15 is 0 Å². The van der Waals surface area contributed by atoms with Gasteiger partial charge < -0.3 is 4.90 Å². The van der Waals surface area contributed by atoms with Crippen LogP contribution in [0.4, 0.5) is 0 Å². The molecule has 1 atom stereocenters. The Labute approximate surface area is 181 Å². The Balaban J connectivity index is 1.60. The van der Waals surface area contributed by atoms with Crippen LogP contribution in [0.15, 0.2) is 58.5 Å². The summed E-state index contributed by atoms with van der Waals surface area (Å²) in [4.78, 5) is 32.9. The number of aromatic nitrogens is 2. The quantitative estimate of drug-likeness (QED) is 0.459. The first-order chi connectivity index (χ1) is 14.4. The van der Waals surface area contributed by atoms with E-state index in [1.807, 2.05) is 48.2 Å². The summed E-state index contributed by atoms with van der Waals surface area (Å²) >= 11 is 1.38. The molecule has 1 aliphatic rings. The van der Waals surface area contributed by atoms with Gasteiger partial charge in [-0.05, 0) is 42.5 Å². The van der Waals surface area contributed by atoms with Crippen molar-refractivity contribution in [3.05, 3.63) is 70.0 Å². The molecule has 2 heterocycles. The fraction of sp³-hybridized carbons (Fsp3) is 0.375. The minimum atomic E-state index is -0.318. The molecule has 0 radical (unpaired) electrons.